The Labute approximate surface area is 134 Å². The first-order valence-corrected chi connectivity index (χ1v) is 7.51. The molecule has 1 fully saturated rings. The summed E-state index contributed by atoms with van der Waals surface area (Å²) in [5.41, 5.74) is 0.285. The number of carbonyl (C=O) groups is 2. The molecule has 1 amide bonds. The number of nitrogens with one attached hydrogen (secondary N) is 1. The van der Waals surface area contributed by atoms with Crippen LogP contribution in [0, 0.1) is 0 Å². The van der Waals surface area contributed by atoms with E-state index < -0.39 is 23.1 Å². The Morgan fingerprint density at radius 3 is 2.50 bits per heavy atom. The number of amides is 1. The molecule has 0 aliphatic heterocycles. The molecule has 0 unspecified atom stereocenters. The van der Waals surface area contributed by atoms with E-state index >= 15 is 0 Å². The lowest BCUT2D eigenvalue weighted by Gasteiger charge is -2.22. The zero-order chi connectivity index (χ0) is 16.5. The number of halogens is 1. The Kier molecular flexibility index (Phi) is 4.38. The molecule has 0 aromatic heterocycles. The van der Waals surface area contributed by atoms with Crippen molar-refractivity contribution < 1.29 is 19.4 Å². The van der Waals surface area contributed by atoms with Crippen molar-refractivity contribution in [2.45, 2.75) is 51.0 Å². The summed E-state index contributed by atoms with van der Waals surface area (Å²) < 4.78 is 5.24. The van der Waals surface area contributed by atoms with Crippen LogP contribution in [0.3, 0.4) is 0 Å². The van der Waals surface area contributed by atoms with Gasteiger partial charge in [0.2, 0.25) is 0 Å². The Morgan fingerprint density at radius 2 is 2.00 bits per heavy atom. The normalized spacial score (nSPS) is 16.0. The van der Waals surface area contributed by atoms with Gasteiger partial charge in [0.25, 0.3) is 0 Å². The maximum atomic E-state index is 12.0. The SMILES string of the molecule is CC(C)(C)OC(=O)Nc1cc(Cl)ccc1C1(CC(=O)O)CC1. The lowest BCUT2D eigenvalue weighted by molar-refractivity contribution is -0.137. The molecule has 0 atom stereocenters. The third kappa shape index (κ3) is 4.13. The van der Waals surface area contributed by atoms with Crippen molar-refractivity contribution in [1.29, 1.82) is 0 Å². The molecule has 0 saturated heterocycles. The van der Waals surface area contributed by atoms with Crippen LogP contribution in [0.15, 0.2) is 18.2 Å². The van der Waals surface area contributed by atoms with Crippen LogP contribution >= 0.6 is 11.6 Å². The van der Waals surface area contributed by atoms with Gasteiger partial charge in [-0.05, 0) is 51.3 Å². The quantitative estimate of drug-likeness (QED) is 0.870. The summed E-state index contributed by atoms with van der Waals surface area (Å²) in [7, 11) is 0. The van der Waals surface area contributed by atoms with E-state index in [1.54, 1.807) is 39.0 Å². The summed E-state index contributed by atoms with van der Waals surface area (Å²) in [6, 6.07) is 5.12. The van der Waals surface area contributed by atoms with E-state index in [2.05, 4.69) is 5.32 Å². The molecule has 1 saturated carbocycles. The molecule has 0 heterocycles. The van der Waals surface area contributed by atoms with Crippen molar-refractivity contribution >= 4 is 29.4 Å². The summed E-state index contributed by atoms with van der Waals surface area (Å²) in [5, 5.41) is 12.3. The molecule has 0 spiro atoms. The number of rotatable bonds is 4. The van der Waals surface area contributed by atoms with Crippen molar-refractivity contribution in [2.75, 3.05) is 5.32 Å². The Hall–Kier alpha value is -1.75. The van der Waals surface area contributed by atoms with E-state index in [0.29, 0.717) is 10.7 Å². The summed E-state index contributed by atoms with van der Waals surface area (Å²) in [4.78, 5) is 23.0. The van der Waals surface area contributed by atoms with Gasteiger partial charge in [0.1, 0.15) is 5.60 Å². The van der Waals surface area contributed by atoms with Gasteiger partial charge in [-0.15, -0.1) is 0 Å². The number of hydrogen-bond donors (Lipinski definition) is 2. The number of ether oxygens (including phenoxy) is 1. The zero-order valence-electron chi connectivity index (χ0n) is 12.9. The fraction of sp³-hybridized carbons (Fsp3) is 0.500. The van der Waals surface area contributed by atoms with E-state index in [1.807, 2.05) is 0 Å². The molecule has 0 radical (unpaired) electrons. The molecule has 1 aliphatic carbocycles. The van der Waals surface area contributed by atoms with Gasteiger partial charge < -0.3 is 9.84 Å². The highest BCUT2D eigenvalue weighted by molar-refractivity contribution is 6.31. The molecule has 1 aliphatic rings. The third-order valence-electron chi connectivity index (χ3n) is 3.53. The zero-order valence-corrected chi connectivity index (χ0v) is 13.7. The van der Waals surface area contributed by atoms with Crippen LogP contribution in [0.25, 0.3) is 0 Å². The standard InChI is InChI=1S/C16H20ClNO4/c1-15(2,3)22-14(21)18-12-8-10(17)4-5-11(12)16(6-7-16)9-13(19)20/h4-5,8H,6-7,9H2,1-3H3,(H,18,21)(H,19,20). The van der Waals surface area contributed by atoms with Gasteiger partial charge in [-0.2, -0.15) is 0 Å². The average molecular weight is 326 g/mol. The maximum absolute atomic E-state index is 12.0. The number of carboxylic acids is 1. The van der Waals surface area contributed by atoms with E-state index in [1.165, 1.54) is 0 Å². The topological polar surface area (TPSA) is 75.6 Å². The van der Waals surface area contributed by atoms with Crippen LogP contribution in [0.1, 0.15) is 45.6 Å². The van der Waals surface area contributed by atoms with Gasteiger partial charge in [-0.25, -0.2) is 4.79 Å². The first-order chi connectivity index (χ1) is 10.1. The Bertz CT molecular complexity index is 603. The summed E-state index contributed by atoms with van der Waals surface area (Å²) in [6.07, 6.45) is 1.02. The second-order valence-corrected chi connectivity index (χ2v) is 7.10. The van der Waals surface area contributed by atoms with Gasteiger partial charge >= 0.3 is 12.1 Å². The molecule has 0 bridgehead atoms. The first-order valence-electron chi connectivity index (χ1n) is 7.13. The minimum Gasteiger partial charge on any atom is -0.481 e. The van der Waals surface area contributed by atoms with Crippen molar-refractivity contribution in [3.63, 3.8) is 0 Å². The lowest BCUT2D eigenvalue weighted by Crippen LogP contribution is -2.28. The average Bonchev–Trinajstić information content (AvgIpc) is 3.05. The van der Waals surface area contributed by atoms with E-state index in [0.717, 1.165) is 18.4 Å². The third-order valence-corrected chi connectivity index (χ3v) is 3.77. The smallest absolute Gasteiger partial charge is 0.412 e. The minimum atomic E-state index is -0.851. The van der Waals surface area contributed by atoms with Crippen molar-refractivity contribution in [1.82, 2.24) is 0 Å². The lowest BCUT2D eigenvalue weighted by atomic mass is 9.91. The predicted molar refractivity (Wildman–Crippen MR) is 84.5 cm³/mol. The first kappa shape index (κ1) is 16.6. The van der Waals surface area contributed by atoms with Gasteiger partial charge in [-0.3, -0.25) is 10.1 Å². The number of anilines is 1. The highest BCUT2D eigenvalue weighted by atomic mass is 35.5. The molecule has 5 nitrogen and oxygen atoms in total. The summed E-state index contributed by atoms with van der Waals surface area (Å²) >= 11 is 6.00. The Morgan fingerprint density at radius 1 is 1.36 bits per heavy atom. The number of carboxylic acid groups (broad SMARTS) is 1. The summed E-state index contributed by atoms with van der Waals surface area (Å²) in [6.45, 7) is 5.33. The molecular formula is C16H20ClNO4. The van der Waals surface area contributed by atoms with Crippen molar-refractivity contribution in [2.24, 2.45) is 0 Å². The molecule has 2 rings (SSSR count). The highest BCUT2D eigenvalue weighted by Crippen LogP contribution is 2.53. The number of carbonyl (C=O) groups excluding carboxylic acids is 1. The van der Waals surface area contributed by atoms with E-state index in [-0.39, 0.29) is 6.42 Å². The fourth-order valence-electron chi connectivity index (χ4n) is 2.48. The fourth-order valence-corrected chi connectivity index (χ4v) is 2.65. The van der Waals surface area contributed by atoms with Gasteiger partial charge in [0.05, 0.1) is 6.42 Å². The monoisotopic (exact) mass is 325 g/mol. The molecule has 6 heteroatoms. The van der Waals surface area contributed by atoms with Crippen LogP contribution in [0.5, 0.6) is 0 Å². The number of benzene rings is 1. The molecule has 1 aromatic carbocycles. The van der Waals surface area contributed by atoms with E-state index in [4.69, 9.17) is 21.4 Å². The van der Waals surface area contributed by atoms with E-state index in [9.17, 15) is 9.59 Å². The molecule has 120 valence electrons. The van der Waals surface area contributed by atoms with Crippen LogP contribution in [0.2, 0.25) is 5.02 Å². The molecule has 1 aromatic rings. The van der Waals surface area contributed by atoms with Crippen LogP contribution in [-0.4, -0.2) is 22.8 Å². The number of aliphatic carboxylic acids is 1. The highest BCUT2D eigenvalue weighted by Gasteiger charge is 2.47. The molecule has 2 N–H and O–H groups in total. The second kappa shape index (κ2) is 5.80. The predicted octanol–water partition coefficient (Wildman–Crippen LogP) is 4.19. The second-order valence-electron chi connectivity index (χ2n) is 6.67. The number of hydrogen-bond acceptors (Lipinski definition) is 3. The molecule has 22 heavy (non-hydrogen) atoms. The van der Waals surface area contributed by atoms with Crippen molar-refractivity contribution in [3.8, 4) is 0 Å². The molecular weight excluding hydrogens is 306 g/mol. The van der Waals surface area contributed by atoms with Crippen LogP contribution in [0.4, 0.5) is 10.5 Å². The van der Waals surface area contributed by atoms with Crippen molar-refractivity contribution in [3.05, 3.63) is 28.8 Å². The van der Waals surface area contributed by atoms with Gasteiger partial charge in [0.15, 0.2) is 0 Å². The minimum absolute atomic E-state index is 0.0393. The largest absolute Gasteiger partial charge is 0.481 e. The van der Waals surface area contributed by atoms with Crippen LogP contribution in [-0.2, 0) is 14.9 Å². The van der Waals surface area contributed by atoms with Crippen LogP contribution < -0.4 is 5.32 Å². The Balaban J connectivity index is 2.26. The maximum Gasteiger partial charge on any atom is 0.412 e. The van der Waals surface area contributed by atoms with Gasteiger partial charge in [0, 0.05) is 16.1 Å². The van der Waals surface area contributed by atoms with Gasteiger partial charge in [-0.1, -0.05) is 17.7 Å². The summed E-state index contributed by atoms with van der Waals surface area (Å²) in [5.74, 6) is -0.851.